The van der Waals surface area contributed by atoms with Gasteiger partial charge >= 0.3 is 0 Å². The number of nitro benzene ring substituents is 1. The van der Waals surface area contributed by atoms with E-state index in [1.807, 2.05) is 29.2 Å². The molecule has 1 aliphatic heterocycles. The lowest BCUT2D eigenvalue weighted by Crippen LogP contribution is -2.49. The monoisotopic (exact) mass is 404 g/mol. The maximum atomic E-state index is 12.9. The Bertz CT molecular complexity index is 1090. The highest BCUT2D eigenvalue weighted by Crippen LogP contribution is 2.30. The quantitative estimate of drug-likeness (QED) is 0.518. The highest BCUT2D eigenvalue weighted by atomic mass is 16.6. The molecule has 0 radical (unpaired) electrons. The molecule has 0 saturated carbocycles. The fourth-order valence-electron chi connectivity index (χ4n) is 4.02. The lowest BCUT2D eigenvalue weighted by Gasteiger charge is -2.36. The molecule has 4 rings (SSSR count). The highest BCUT2D eigenvalue weighted by Gasteiger charge is 2.23. The molecule has 3 aromatic carbocycles. The predicted molar refractivity (Wildman–Crippen MR) is 119 cm³/mol. The van der Waals surface area contributed by atoms with Gasteiger partial charge in [0.05, 0.1) is 11.3 Å². The van der Waals surface area contributed by atoms with Crippen LogP contribution in [0.3, 0.4) is 0 Å². The zero-order valence-corrected chi connectivity index (χ0v) is 16.9. The van der Waals surface area contributed by atoms with Gasteiger partial charge in [-0.2, -0.15) is 0 Å². The van der Waals surface area contributed by atoms with Crippen LogP contribution in [0.25, 0.3) is 10.8 Å². The third-order valence-electron chi connectivity index (χ3n) is 5.67. The van der Waals surface area contributed by atoms with Crippen LogP contribution >= 0.6 is 0 Å². The Labute approximate surface area is 175 Å². The van der Waals surface area contributed by atoms with Crippen LogP contribution in [-0.2, 0) is 11.2 Å². The molecule has 30 heavy (non-hydrogen) atoms. The summed E-state index contributed by atoms with van der Waals surface area (Å²) in [5.41, 5.74) is 2.53. The number of rotatable bonds is 5. The maximum absolute atomic E-state index is 12.9. The van der Waals surface area contributed by atoms with Crippen molar-refractivity contribution in [2.45, 2.75) is 6.42 Å². The van der Waals surface area contributed by atoms with Gasteiger partial charge in [-0.25, -0.2) is 0 Å². The summed E-state index contributed by atoms with van der Waals surface area (Å²) in [5.74, 6) is 0.130. The number of fused-ring (bicyclic) bond motifs is 1. The number of hydrogen-bond donors (Lipinski definition) is 1. The van der Waals surface area contributed by atoms with E-state index in [-0.39, 0.29) is 16.5 Å². The average Bonchev–Trinajstić information content (AvgIpc) is 2.79. The van der Waals surface area contributed by atoms with Crippen molar-refractivity contribution in [3.8, 4) is 0 Å². The second-order valence-electron chi connectivity index (χ2n) is 7.39. The smallest absolute Gasteiger partial charge is 0.292 e. The molecule has 7 nitrogen and oxygen atoms in total. The van der Waals surface area contributed by atoms with Gasteiger partial charge in [-0.1, -0.05) is 42.5 Å². The van der Waals surface area contributed by atoms with Crippen LogP contribution in [0.5, 0.6) is 0 Å². The molecule has 1 heterocycles. The summed E-state index contributed by atoms with van der Waals surface area (Å²) in [4.78, 5) is 27.7. The van der Waals surface area contributed by atoms with Gasteiger partial charge in [0.25, 0.3) is 5.69 Å². The summed E-state index contributed by atoms with van der Waals surface area (Å²) in [5, 5.41) is 16.3. The molecule has 3 aromatic rings. The molecule has 1 amide bonds. The summed E-state index contributed by atoms with van der Waals surface area (Å²) in [6.07, 6.45) is 0.392. The van der Waals surface area contributed by atoms with Crippen molar-refractivity contribution in [1.29, 1.82) is 0 Å². The topological polar surface area (TPSA) is 78.7 Å². The Morgan fingerprint density at radius 2 is 1.77 bits per heavy atom. The van der Waals surface area contributed by atoms with Crippen LogP contribution in [0.2, 0.25) is 0 Å². The number of carbonyl (C=O) groups is 1. The van der Waals surface area contributed by atoms with Crippen LogP contribution in [0.15, 0.2) is 60.7 Å². The number of benzene rings is 3. The fourth-order valence-corrected chi connectivity index (χ4v) is 4.02. The molecule has 154 valence electrons. The van der Waals surface area contributed by atoms with Crippen LogP contribution in [-0.4, -0.2) is 49.0 Å². The Kier molecular flexibility index (Phi) is 5.52. The third-order valence-corrected chi connectivity index (χ3v) is 5.67. The number of nitro groups is 1. The van der Waals surface area contributed by atoms with E-state index in [2.05, 4.69) is 28.4 Å². The number of anilines is 2. The van der Waals surface area contributed by atoms with Crippen LogP contribution in [0, 0.1) is 10.1 Å². The molecule has 0 aliphatic carbocycles. The first-order chi connectivity index (χ1) is 14.6. The summed E-state index contributed by atoms with van der Waals surface area (Å²) < 4.78 is 0. The predicted octanol–water partition coefficient (Wildman–Crippen LogP) is 3.68. The van der Waals surface area contributed by atoms with E-state index in [9.17, 15) is 14.9 Å². The van der Waals surface area contributed by atoms with Crippen molar-refractivity contribution in [2.75, 3.05) is 43.4 Å². The molecule has 1 saturated heterocycles. The van der Waals surface area contributed by atoms with Crippen LogP contribution in [0.1, 0.15) is 5.56 Å². The Morgan fingerprint density at radius 1 is 1.03 bits per heavy atom. The van der Waals surface area contributed by atoms with Gasteiger partial charge in [-0.05, 0) is 28.5 Å². The van der Waals surface area contributed by atoms with Gasteiger partial charge in [-0.3, -0.25) is 14.9 Å². The van der Waals surface area contributed by atoms with Gasteiger partial charge in [0.15, 0.2) is 0 Å². The molecular formula is C23H24N4O3. The van der Waals surface area contributed by atoms with Gasteiger partial charge in [-0.15, -0.1) is 0 Å². The van der Waals surface area contributed by atoms with Crippen molar-refractivity contribution < 1.29 is 9.72 Å². The minimum atomic E-state index is -0.389. The number of nitrogens with zero attached hydrogens (tertiary/aromatic N) is 3. The molecule has 0 atom stereocenters. The molecule has 0 aromatic heterocycles. The lowest BCUT2D eigenvalue weighted by molar-refractivity contribution is -0.383. The van der Waals surface area contributed by atoms with Gasteiger partial charge in [0.2, 0.25) is 5.91 Å². The first-order valence-corrected chi connectivity index (χ1v) is 10.0. The molecule has 1 N–H and O–H groups in total. The Hall–Kier alpha value is -3.61. The van der Waals surface area contributed by atoms with Gasteiger partial charge < -0.3 is 15.1 Å². The Balaban J connectivity index is 1.42. The van der Waals surface area contributed by atoms with Crippen molar-refractivity contribution in [1.82, 2.24) is 4.90 Å². The molecule has 1 aliphatic rings. The Morgan fingerprint density at radius 3 is 2.50 bits per heavy atom. The van der Waals surface area contributed by atoms with E-state index in [1.165, 1.54) is 6.07 Å². The fraction of sp³-hybridized carbons (Fsp3) is 0.261. The first kappa shape index (κ1) is 19.7. The van der Waals surface area contributed by atoms with Crippen molar-refractivity contribution in [3.63, 3.8) is 0 Å². The SMILES string of the molecule is CNc1cc(N2CCN(C(=O)Cc3cccc4ccccc34)CC2)ccc1[N+](=O)[O-]. The van der Waals surface area contributed by atoms with Crippen LogP contribution in [0.4, 0.5) is 17.1 Å². The summed E-state index contributed by atoms with van der Waals surface area (Å²) in [6, 6.07) is 19.3. The van der Waals surface area contributed by atoms with Crippen molar-refractivity contribution in [3.05, 3.63) is 76.3 Å². The number of piperazine rings is 1. The van der Waals surface area contributed by atoms with Crippen molar-refractivity contribution in [2.24, 2.45) is 0 Å². The number of amides is 1. The minimum Gasteiger partial charge on any atom is -0.383 e. The van der Waals surface area contributed by atoms with E-state index in [0.29, 0.717) is 38.3 Å². The number of nitrogens with one attached hydrogen (secondary N) is 1. The lowest BCUT2D eigenvalue weighted by atomic mass is 10.0. The second-order valence-corrected chi connectivity index (χ2v) is 7.39. The normalized spacial score (nSPS) is 14.0. The van der Waals surface area contributed by atoms with Crippen LogP contribution < -0.4 is 10.2 Å². The van der Waals surface area contributed by atoms with Gasteiger partial charge in [0, 0.05) is 45.0 Å². The van der Waals surface area contributed by atoms with E-state index in [1.54, 1.807) is 19.2 Å². The largest absolute Gasteiger partial charge is 0.383 e. The number of carbonyl (C=O) groups excluding carboxylic acids is 1. The zero-order valence-electron chi connectivity index (χ0n) is 16.9. The van der Waals surface area contributed by atoms with E-state index < -0.39 is 0 Å². The molecule has 0 bridgehead atoms. The van der Waals surface area contributed by atoms with E-state index in [4.69, 9.17) is 0 Å². The van der Waals surface area contributed by atoms with Crippen molar-refractivity contribution >= 4 is 33.7 Å². The molecule has 7 heteroatoms. The molecular weight excluding hydrogens is 380 g/mol. The summed E-state index contributed by atoms with van der Waals surface area (Å²) >= 11 is 0. The molecule has 0 spiro atoms. The summed E-state index contributed by atoms with van der Waals surface area (Å²) in [6.45, 7) is 2.66. The second kappa shape index (κ2) is 8.41. The van der Waals surface area contributed by atoms with Gasteiger partial charge in [0.1, 0.15) is 5.69 Å². The van der Waals surface area contributed by atoms with E-state index in [0.717, 1.165) is 22.0 Å². The average molecular weight is 404 g/mol. The number of hydrogen-bond acceptors (Lipinski definition) is 5. The zero-order chi connectivity index (χ0) is 21.1. The standard InChI is InChI=1S/C23H24N4O3/c1-24-21-16-19(9-10-22(21)27(29)30)25-11-13-26(14-12-25)23(28)15-18-7-4-6-17-5-2-3-8-20(17)18/h2-10,16,24H,11-15H2,1H3. The maximum Gasteiger partial charge on any atom is 0.292 e. The molecule has 0 unspecified atom stereocenters. The molecule has 1 fully saturated rings. The highest BCUT2D eigenvalue weighted by molar-refractivity contribution is 5.90. The summed E-state index contributed by atoms with van der Waals surface area (Å²) in [7, 11) is 1.68. The first-order valence-electron chi connectivity index (χ1n) is 10.0. The minimum absolute atomic E-state index is 0.0603. The third kappa shape index (κ3) is 3.91. The van der Waals surface area contributed by atoms with E-state index >= 15 is 0 Å².